The number of aromatic nitrogens is 2. The Hall–Kier alpha value is -1.98. The maximum Gasteiger partial charge on any atom is 0.147 e. The van der Waals surface area contributed by atoms with Crippen LogP contribution in [0.5, 0.6) is 0 Å². The Morgan fingerprint density at radius 2 is 2.05 bits per heavy atom. The van der Waals surface area contributed by atoms with Gasteiger partial charge in [0, 0.05) is 6.54 Å². The van der Waals surface area contributed by atoms with E-state index in [-0.39, 0.29) is 6.04 Å². The van der Waals surface area contributed by atoms with Crippen LogP contribution >= 0.6 is 11.3 Å². The molecule has 0 saturated heterocycles. The minimum absolute atomic E-state index is 0.0525. The number of rotatable bonds is 4. The Kier molecular flexibility index (Phi) is 3.62. The molecule has 20 heavy (non-hydrogen) atoms. The Labute approximate surface area is 121 Å². The predicted molar refractivity (Wildman–Crippen MR) is 84.0 cm³/mol. The van der Waals surface area contributed by atoms with Crippen LogP contribution in [0.15, 0.2) is 42.0 Å². The first-order valence-electron chi connectivity index (χ1n) is 6.50. The van der Waals surface area contributed by atoms with Crippen molar-refractivity contribution in [3.63, 3.8) is 0 Å². The molecule has 102 valence electrons. The number of nitrogens with two attached hydrogens (primary N) is 1. The first-order chi connectivity index (χ1) is 9.79. The molecule has 0 aliphatic carbocycles. The van der Waals surface area contributed by atoms with Gasteiger partial charge >= 0.3 is 0 Å². The minimum Gasteiger partial charge on any atom is -0.361 e. The summed E-state index contributed by atoms with van der Waals surface area (Å²) in [7, 11) is 0. The molecule has 3 N–H and O–H groups in total. The van der Waals surface area contributed by atoms with E-state index in [0.717, 1.165) is 21.6 Å². The lowest BCUT2D eigenvalue weighted by atomic mass is 10.1. The van der Waals surface area contributed by atoms with E-state index in [1.54, 1.807) is 17.7 Å². The normalized spacial score (nSPS) is 12.5. The molecule has 4 nitrogen and oxygen atoms in total. The Balaban J connectivity index is 1.96. The molecule has 2 aromatic heterocycles. The summed E-state index contributed by atoms with van der Waals surface area (Å²) in [5.41, 5.74) is 9.25. The van der Waals surface area contributed by atoms with Crippen LogP contribution in [0.4, 0.5) is 5.82 Å². The maximum atomic E-state index is 5.90. The molecule has 0 bridgehead atoms. The quantitative estimate of drug-likeness (QED) is 0.772. The van der Waals surface area contributed by atoms with Crippen molar-refractivity contribution < 1.29 is 0 Å². The number of nitrogens with one attached hydrogen (secondary N) is 1. The number of benzene rings is 1. The fraction of sp³-hybridized carbons (Fsp3) is 0.200. The molecule has 0 radical (unpaired) electrons. The highest BCUT2D eigenvalue weighted by molar-refractivity contribution is 7.18. The highest BCUT2D eigenvalue weighted by atomic mass is 32.1. The van der Waals surface area contributed by atoms with Crippen LogP contribution in [0.3, 0.4) is 0 Å². The Morgan fingerprint density at radius 1 is 1.25 bits per heavy atom. The zero-order chi connectivity index (χ0) is 13.9. The summed E-state index contributed by atoms with van der Waals surface area (Å²) in [6, 6.07) is 10.2. The molecular formula is C15H16N4S. The summed E-state index contributed by atoms with van der Waals surface area (Å²) in [4.78, 5) is 8.70. The summed E-state index contributed by atoms with van der Waals surface area (Å²) < 4.78 is 1.08. The lowest BCUT2D eigenvalue weighted by Crippen LogP contribution is -2.21. The zero-order valence-corrected chi connectivity index (χ0v) is 12.0. The van der Waals surface area contributed by atoms with Gasteiger partial charge in [0.2, 0.25) is 0 Å². The monoisotopic (exact) mass is 284 g/mol. The van der Waals surface area contributed by atoms with Gasteiger partial charge < -0.3 is 11.1 Å². The molecule has 0 aliphatic heterocycles. The van der Waals surface area contributed by atoms with Gasteiger partial charge in [0.05, 0.1) is 16.3 Å². The molecule has 0 aliphatic rings. The van der Waals surface area contributed by atoms with Gasteiger partial charge in [-0.25, -0.2) is 9.97 Å². The van der Waals surface area contributed by atoms with Gasteiger partial charge in [-0.05, 0) is 23.4 Å². The molecule has 1 atom stereocenters. The first-order valence-corrected chi connectivity index (χ1v) is 7.38. The van der Waals surface area contributed by atoms with Gasteiger partial charge in [0.15, 0.2) is 0 Å². The van der Waals surface area contributed by atoms with Gasteiger partial charge in [0.25, 0.3) is 0 Å². The number of nitrogens with zero attached hydrogens (tertiary/aromatic N) is 2. The number of thiophene rings is 1. The van der Waals surface area contributed by atoms with Crippen molar-refractivity contribution in [3.05, 3.63) is 53.2 Å². The van der Waals surface area contributed by atoms with Crippen LogP contribution in [-0.2, 0) is 0 Å². The number of fused-ring (bicyclic) bond motifs is 1. The number of hydrogen-bond donors (Lipinski definition) is 2. The van der Waals surface area contributed by atoms with Gasteiger partial charge in [-0.1, -0.05) is 30.3 Å². The van der Waals surface area contributed by atoms with Crippen LogP contribution < -0.4 is 11.1 Å². The van der Waals surface area contributed by atoms with Crippen LogP contribution in [0, 0.1) is 6.92 Å². The third-order valence-electron chi connectivity index (χ3n) is 3.28. The summed E-state index contributed by atoms with van der Waals surface area (Å²) in [5.74, 6) is 0.854. The van der Waals surface area contributed by atoms with E-state index in [2.05, 4.69) is 39.7 Å². The summed E-state index contributed by atoms with van der Waals surface area (Å²) in [6.45, 7) is 2.58. The number of hydrogen-bond acceptors (Lipinski definition) is 5. The second kappa shape index (κ2) is 5.56. The molecular weight excluding hydrogens is 268 g/mol. The standard InChI is InChI=1S/C15H16N4S/c1-10-8-20-14-13(10)17-9-18-15(14)19-12(7-16)11-5-3-2-4-6-11/h2-6,8-9,12H,7,16H2,1H3,(H,17,18,19). The van der Waals surface area contributed by atoms with E-state index < -0.39 is 0 Å². The maximum absolute atomic E-state index is 5.90. The molecule has 0 fully saturated rings. The minimum atomic E-state index is 0.0525. The lowest BCUT2D eigenvalue weighted by molar-refractivity contribution is 0.785. The van der Waals surface area contributed by atoms with Crippen molar-refractivity contribution in [2.45, 2.75) is 13.0 Å². The molecule has 3 rings (SSSR count). The second-order valence-corrected chi connectivity index (χ2v) is 5.54. The molecule has 0 amide bonds. The topological polar surface area (TPSA) is 63.8 Å². The number of aryl methyl sites for hydroxylation is 1. The third-order valence-corrected chi connectivity index (χ3v) is 4.37. The second-order valence-electron chi connectivity index (χ2n) is 4.66. The van der Waals surface area contributed by atoms with Gasteiger partial charge in [-0.2, -0.15) is 0 Å². The largest absolute Gasteiger partial charge is 0.361 e. The average molecular weight is 284 g/mol. The van der Waals surface area contributed by atoms with E-state index >= 15 is 0 Å². The van der Waals surface area contributed by atoms with Crippen LogP contribution in [-0.4, -0.2) is 16.5 Å². The van der Waals surface area contributed by atoms with Crippen molar-refractivity contribution in [1.29, 1.82) is 0 Å². The fourth-order valence-corrected chi connectivity index (χ4v) is 3.16. The predicted octanol–water partition coefficient (Wildman–Crippen LogP) is 3.11. The van der Waals surface area contributed by atoms with Crippen molar-refractivity contribution in [3.8, 4) is 0 Å². The van der Waals surface area contributed by atoms with Crippen molar-refractivity contribution in [2.24, 2.45) is 5.73 Å². The SMILES string of the molecule is Cc1csc2c(NC(CN)c3ccccc3)ncnc12. The zero-order valence-electron chi connectivity index (χ0n) is 11.2. The molecule has 5 heteroatoms. The molecule has 1 unspecified atom stereocenters. The van der Waals surface area contributed by atoms with E-state index in [1.165, 1.54) is 5.56 Å². The van der Waals surface area contributed by atoms with E-state index in [9.17, 15) is 0 Å². The average Bonchev–Trinajstić information content (AvgIpc) is 2.88. The third kappa shape index (κ3) is 2.37. The highest BCUT2D eigenvalue weighted by Crippen LogP contribution is 2.30. The Morgan fingerprint density at radius 3 is 2.80 bits per heavy atom. The molecule has 0 spiro atoms. The van der Waals surface area contributed by atoms with E-state index in [4.69, 9.17) is 5.73 Å². The first kappa shape index (κ1) is 13.0. The van der Waals surface area contributed by atoms with Crippen LogP contribution in [0.25, 0.3) is 10.2 Å². The van der Waals surface area contributed by atoms with Gasteiger partial charge in [-0.3, -0.25) is 0 Å². The van der Waals surface area contributed by atoms with Gasteiger partial charge in [0.1, 0.15) is 12.1 Å². The summed E-state index contributed by atoms with van der Waals surface area (Å²) in [6.07, 6.45) is 1.60. The fourth-order valence-electron chi connectivity index (χ4n) is 2.20. The lowest BCUT2D eigenvalue weighted by Gasteiger charge is -2.18. The van der Waals surface area contributed by atoms with Crippen molar-refractivity contribution in [2.75, 3.05) is 11.9 Å². The van der Waals surface area contributed by atoms with Crippen molar-refractivity contribution in [1.82, 2.24) is 9.97 Å². The van der Waals surface area contributed by atoms with Crippen LogP contribution in [0.2, 0.25) is 0 Å². The molecule has 0 saturated carbocycles. The highest BCUT2D eigenvalue weighted by Gasteiger charge is 2.13. The molecule has 3 aromatic rings. The molecule has 2 heterocycles. The number of anilines is 1. The molecule has 1 aromatic carbocycles. The summed E-state index contributed by atoms with van der Waals surface area (Å²) >= 11 is 1.66. The van der Waals surface area contributed by atoms with Crippen molar-refractivity contribution >= 4 is 27.4 Å². The Bertz CT molecular complexity index is 708. The van der Waals surface area contributed by atoms with E-state index in [0.29, 0.717) is 6.54 Å². The summed E-state index contributed by atoms with van der Waals surface area (Å²) in [5, 5.41) is 5.54. The van der Waals surface area contributed by atoms with Crippen LogP contribution in [0.1, 0.15) is 17.2 Å². The van der Waals surface area contributed by atoms with E-state index in [1.807, 2.05) is 18.2 Å². The van der Waals surface area contributed by atoms with Gasteiger partial charge in [-0.15, -0.1) is 11.3 Å². The smallest absolute Gasteiger partial charge is 0.147 e.